The van der Waals surface area contributed by atoms with Gasteiger partial charge in [-0.25, -0.2) is 4.79 Å². The van der Waals surface area contributed by atoms with E-state index < -0.39 is 5.54 Å². The first-order chi connectivity index (χ1) is 11.3. The Labute approximate surface area is 147 Å². The Hall–Kier alpha value is -2.26. The summed E-state index contributed by atoms with van der Waals surface area (Å²) in [6.45, 7) is 8.23. The summed E-state index contributed by atoms with van der Waals surface area (Å²) >= 11 is 6.01. The smallest absolute Gasteiger partial charge is 0.307 e. The molecule has 1 heterocycles. The minimum absolute atomic E-state index is 0.170. The van der Waals surface area contributed by atoms with Crippen molar-refractivity contribution in [1.82, 2.24) is 0 Å². The molecule has 2 aromatic carbocycles. The van der Waals surface area contributed by atoms with Crippen molar-refractivity contribution in [3.05, 3.63) is 64.7 Å². The molecule has 0 aliphatic carbocycles. The molecule has 3 nitrogen and oxygen atoms in total. The van der Waals surface area contributed by atoms with Gasteiger partial charge in [0.1, 0.15) is 0 Å². The van der Waals surface area contributed by atoms with Crippen LogP contribution >= 0.6 is 11.6 Å². The molecule has 0 fully saturated rings. The maximum atomic E-state index is 13.0. The van der Waals surface area contributed by atoms with Crippen LogP contribution in [-0.2, 0) is 0 Å². The number of urea groups is 1. The van der Waals surface area contributed by atoms with Gasteiger partial charge in [0.05, 0.1) is 11.2 Å². The number of anilines is 2. The molecule has 0 bridgehead atoms. The Morgan fingerprint density at radius 2 is 1.88 bits per heavy atom. The van der Waals surface area contributed by atoms with Crippen molar-refractivity contribution in [2.24, 2.45) is 0 Å². The average molecular weight is 341 g/mol. The highest BCUT2D eigenvalue weighted by molar-refractivity contribution is 6.31. The Morgan fingerprint density at radius 3 is 2.58 bits per heavy atom. The van der Waals surface area contributed by atoms with Crippen molar-refractivity contribution >= 4 is 34.6 Å². The number of carbonyl (C=O) groups excluding carboxylic acids is 1. The van der Waals surface area contributed by atoms with Crippen LogP contribution < -0.4 is 10.2 Å². The summed E-state index contributed by atoms with van der Waals surface area (Å²) in [5.74, 6) is 0. The van der Waals surface area contributed by atoms with E-state index in [0.717, 1.165) is 11.3 Å². The van der Waals surface area contributed by atoms with Crippen LogP contribution in [0.5, 0.6) is 0 Å². The van der Waals surface area contributed by atoms with Crippen molar-refractivity contribution in [3.63, 3.8) is 0 Å². The van der Waals surface area contributed by atoms with E-state index in [-0.39, 0.29) is 6.03 Å². The number of hydrogen-bond donors (Lipinski definition) is 1. The summed E-state index contributed by atoms with van der Waals surface area (Å²) in [5.41, 5.74) is 4.64. The van der Waals surface area contributed by atoms with Crippen molar-refractivity contribution in [3.8, 4) is 0 Å². The third-order valence-electron chi connectivity index (χ3n) is 4.24. The third-order valence-corrected chi connectivity index (χ3v) is 4.48. The van der Waals surface area contributed by atoms with Crippen LogP contribution in [0.3, 0.4) is 0 Å². The fourth-order valence-electron chi connectivity index (χ4n) is 3.26. The first kappa shape index (κ1) is 16.6. The molecule has 3 rings (SSSR count). The highest BCUT2D eigenvalue weighted by Crippen LogP contribution is 2.39. The molecule has 0 aromatic heterocycles. The van der Waals surface area contributed by atoms with Crippen LogP contribution in [0.2, 0.25) is 5.02 Å². The molecule has 2 aromatic rings. The quantitative estimate of drug-likeness (QED) is 0.690. The van der Waals surface area contributed by atoms with Gasteiger partial charge in [-0.3, -0.25) is 4.90 Å². The lowest BCUT2D eigenvalue weighted by Gasteiger charge is -2.41. The largest absolute Gasteiger partial charge is 0.327 e. The first-order valence-electron chi connectivity index (χ1n) is 7.95. The van der Waals surface area contributed by atoms with Gasteiger partial charge in [-0.15, -0.1) is 0 Å². The molecule has 0 saturated carbocycles. The molecule has 0 spiro atoms. The van der Waals surface area contributed by atoms with E-state index in [9.17, 15) is 4.79 Å². The van der Waals surface area contributed by atoms with Gasteiger partial charge in [0.25, 0.3) is 0 Å². The van der Waals surface area contributed by atoms with Gasteiger partial charge in [0.15, 0.2) is 0 Å². The Bertz CT molecular complexity index is 839. The van der Waals surface area contributed by atoms with Gasteiger partial charge < -0.3 is 5.32 Å². The number of amides is 2. The summed E-state index contributed by atoms with van der Waals surface area (Å²) < 4.78 is 0. The number of aryl methyl sites for hydroxylation is 1. The molecule has 0 unspecified atom stereocenters. The number of nitrogens with zero attached hydrogens (tertiary/aromatic N) is 1. The monoisotopic (exact) mass is 340 g/mol. The SMILES string of the molecule is CC1=CC(C)(C)N(C(=O)Nc2cccc(Cl)c2)c2ccc(C)cc21. The second-order valence-corrected chi connectivity index (χ2v) is 7.21. The van der Waals surface area contributed by atoms with Gasteiger partial charge in [-0.05, 0) is 63.6 Å². The average Bonchev–Trinajstić information content (AvgIpc) is 2.47. The van der Waals surface area contributed by atoms with Crippen molar-refractivity contribution in [1.29, 1.82) is 0 Å². The molecular weight excluding hydrogens is 320 g/mol. The van der Waals surface area contributed by atoms with Crippen LogP contribution in [0.15, 0.2) is 48.5 Å². The number of rotatable bonds is 1. The number of allylic oxidation sites excluding steroid dienone is 1. The van der Waals surface area contributed by atoms with Gasteiger partial charge in [0.2, 0.25) is 0 Å². The lowest BCUT2D eigenvalue weighted by Crippen LogP contribution is -2.50. The molecule has 2 amide bonds. The van der Waals surface area contributed by atoms with Crippen LogP contribution in [0.4, 0.5) is 16.2 Å². The van der Waals surface area contributed by atoms with E-state index in [0.29, 0.717) is 10.7 Å². The molecule has 0 saturated heterocycles. The van der Waals surface area contributed by atoms with Crippen molar-refractivity contribution in [2.75, 3.05) is 10.2 Å². The number of halogens is 1. The Morgan fingerprint density at radius 1 is 1.12 bits per heavy atom. The van der Waals surface area contributed by atoms with Crippen LogP contribution in [0.1, 0.15) is 31.9 Å². The molecule has 1 aliphatic heterocycles. The van der Waals surface area contributed by atoms with Crippen LogP contribution in [0, 0.1) is 6.92 Å². The molecule has 124 valence electrons. The Balaban J connectivity index is 2.01. The topological polar surface area (TPSA) is 32.3 Å². The second kappa shape index (κ2) is 5.99. The zero-order chi connectivity index (χ0) is 17.5. The molecule has 0 atom stereocenters. The van der Waals surface area contributed by atoms with Gasteiger partial charge >= 0.3 is 6.03 Å². The van der Waals surface area contributed by atoms with Gasteiger partial charge in [-0.2, -0.15) is 0 Å². The van der Waals surface area contributed by atoms with Crippen molar-refractivity contribution in [2.45, 2.75) is 33.2 Å². The molecule has 1 aliphatic rings. The molecule has 0 radical (unpaired) electrons. The molecule has 4 heteroatoms. The number of fused-ring (bicyclic) bond motifs is 1. The second-order valence-electron chi connectivity index (χ2n) is 6.78. The van der Waals surface area contributed by atoms with E-state index in [2.05, 4.69) is 31.3 Å². The van der Waals surface area contributed by atoms with Gasteiger partial charge in [-0.1, -0.05) is 35.4 Å². The van der Waals surface area contributed by atoms with Crippen LogP contribution in [0.25, 0.3) is 5.57 Å². The normalized spacial score (nSPS) is 15.5. The summed E-state index contributed by atoms with van der Waals surface area (Å²) in [5, 5.41) is 3.55. The van der Waals surface area contributed by atoms with E-state index in [1.54, 1.807) is 17.0 Å². The lowest BCUT2D eigenvalue weighted by atomic mass is 9.88. The predicted molar refractivity (Wildman–Crippen MR) is 102 cm³/mol. The number of hydrogen-bond acceptors (Lipinski definition) is 1. The lowest BCUT2D eigenvalue weighted by molar-refractivity contribution is 0.253. The maximum absolute atomic E-state index is 13.0. The van der Waals surface area contributed by atoms with E-state index in [1.165, 1.54) is 11.1 Å². The van der Waals surface area contributed by atoms with E-state index in [1.807, 2.05) is 38.1 Å². The van der Waals surface area contributed by atoms with Crippen LogP contribution in [-0.4, -0.2) is 11.6 Å². The predicted octanol–water partition coefficient (Wildman–Crippen LogP) is 5.88. The maximum Gasteiger partial charge on any atom is 0.327 e. The zero-order valence-electron chi connectivity index (χ0n) is 14.4. The number of carbonyl (C=O) groups is 1. The number of nitrogens with one attached hydrogen (secondary N) is 1. The molecule has 24 heavy (non-hydrogen) atoms. The standard InChI is InChI=1S/C20H21ClN2O/c1-13-8-9-18-17(10-13)14(2)12-20(3,4)23(18)19(24)22-16-7-5-6-15(21)11-16/h5-12H,1-4H3,(H,22,24). The Kier molecular flexibility index (Phi) is 4.14. The third kappa shape index (κ3) is 3.04. The molecular formula is C20H21ClN2O. The number of benzene rings is 2. The van der Waals surface area contributed by atoms with E-state index in [4.69, 9.17) is 11.6 Å². The summed E-state index contributed by atoms with van der Waals surface area (Å²) in [6, 6.07) is 13.2. The highest BCUT2D eigenvalue weighted by atomic mass is 35.5. The summed E-state index contributed by atoms with van der Waals surface area (Å²) in [6.07, 6.45) is 2.13. The molecule has 1 N–H and O–H groups in total. The minimum atomic E-state index is -0.422. The fraction of sp³-hybridized carbons (Fsp3) is 0.250. The van der Waals surface area contributed by atoms with E-state index >= 15 is 0 Å². The van der Waals surface area contributed by atoms with Gasteiger partial charge in [0, 0.05) is 16.3 Å². The first-order valence-corrected chi connectivity index (χ1v) is 8.33. The summed E-state index contributed by atoms with van der Waals surface area (Å²) in [4.78, 5) is 14.8. The fourth-order valence-corrected chi connectivity index (χ4v) is 3.45. The van der Waals surface area contributed by atoms with Crippen molar-refractivity contribution < 1.29 is 4.79 Å². The summed E-state index contributed by atoms with van der Waals surface area (Å²) in [7, 11) is 0. The highest BCUT2D eigenvalue weighted by Gasteiger charge is 2.35. The zero-order valence-corrected chi connectivity index (χ0v) is 15.1. The minimum Gasteiger partial charge on any atom is -0.307 e.